The van der Waals surface area contributed by atoms with Gasteiger partial charge in [0.05, 0.1) is 60.9 Å². The van der Waals surface area contributed by atoms with Crippen LogP contribution in [0.4, 0.5) is 0 Å². The van der Waals surface area contributed by atoms with Gasteiger partial charge in [0.2, 0.25) is 0 Å². The van der Waals surface area contributed by atoms with Gasteiger partial charge in [0.15, 0.2) is 0 Å². The fourth-order valence-electron chi connectivity index (χ4n) is 4.39. The number of aliphatic hydroxyl groups excluding tert-OH is 1. The minimum Gasteiger partial charge on any atom is -0.481 e. The summed E-state index contributed by atoms with van der Waals surface area (Å²) in [6, 6.07) is 0. The molecule has 2 aliphatic heterocycles. The van der Waals surface area contributed by atoms with E-state index >= 15 is 0 Å². The average molecular weight is 1100 g/mol. The topological polar surface area (TPSA) is 465 Å². The summed E-state index contributed by atoms with van der Waals surface area (Å²) in [5.41, 5.74) is 0. The van der Waals surface area contributed by atoms with E-state index in [4.69, 9.17) is 45.6 Å². The fraction of sp³-hybridized carbons (Fsp3) is 0.532. The molecule has 76 heavy (non-hydrogen) atoms. The molecule has 8 N–H and O–H groups in total. The van der Waals surface area contributed by atoms with Gasteiger partial charge in [-0.2, -0.15) is 0 Å². The lowest BCUT2D eigenvalue weighted by Crippen LogP contribution is -2.14. The molecular formula is C47H68O29. The van der Waals surface area contributed by atoms with Crippen LogP contribution in [0.15, 0.2) is 48.6 Å². The van der Waals surface area contributed by atoms with Crippen LogP contribution >= 0.6 is 0 Å². The predicted octanol–water partition coefficient (Wildman–Crippen LogP) is 2.43. The molecule has 0 aromatic heterocycles. The molecule has 3 unspecified atom stereocenters. The number of rotatable bonds is 25. The van der Waals surface area contributed by atoms with Crippen molar-refractivity contribution in [1.29, 1.82) is 0 Å². The number of carbonyl (C=O) groups excluding carboxylic acids is 7. The molecule has 2 aliphatic rings. The molecule has 2 saturated heterocycles. The Kier molecular flexibility index (Phi) is 51.7. The molecule has 2 rings (SSSR count). The number of aliphatic carboxylic acids is 7. The van der Waals surface area contributed by atoms with Gasteiger partial charge >= 0.3 is 83.6 Å². The maximum atomic E-state index is 10.7. The standard InChI is InChI=1S/C8H12O4.3C7H10O4.C6H10O5.2C6H8O4/c1-11-7(9)5-3-4-6-8(10)12-2;1-10-7(9)4-5-2-3-6(8)11-5;2*1-11-7(10)5-3-2-4-6(8)9;7-4(3-6(10)11)1-2-5(8)9;7-5(8)3-4-1-2-6(9)10-4;7-5(8)3-1-2-4-6(9)10/h3,5H,4,6H2,1-2H3;5H,2-4H2,1H3;3,5H,2,4H2,1H3,(H,8,9);2,4H,3,5H2,1H3,(H,8,9);4,7H,1-3H2,(H,8,9)(H,10,11);4H,1-3H2,(H,7,8);1,3H,2,4H2,(H,7,8)(H,9,10)/b5-3+;;5-3+;4-2+;;;3-1+. The van der Waals surface area contributed by atoms with Gasteiger partial charge in [-0.1, -0.05) is 24.3 Å². The van der Waals surface area contributed by atoms with Gasteiger partial charge in [0.1, 0.15) is 12.2 Å². The van der Waals surface area contributed by atoms with Gasteiger partial charge < -0.3 is 74.0 Å². The molecule has 2 heterocycles. The van der Waals surface area contributed by atoms with Crippen molar-refractivity contribution in [3.63, 3.8) is 0 Å². The molecule has 0 bridgehead atoms. The minimum atomic E-state index is -1.12. The number of allylic oxidation sites excluding steroid dienone is 4. The Morgan fingerprint density at radius 2 is 0.803 bits per heavy atom. The van der Waals surface area contributed by atoms with Crippen molar-refractivity contribution in [3.05, 3.63) is 48.6 Å². The molecule has 2 fully saturated rings. The maximum Gasteiger partial charge on any atom is 0.330 e. The summed E-state index contributed by atoms with van der Waals surface area (Å²) in [5.74, 6) is -9.26. The minimum absolute atomic E-state index is 0.0123. The van der Waals surface area contributed by atoms with E-state index in [-0.39, 0.29) is 99.8 Å². The average Bonchev–Trinajstić information content (AvgIpc) is 3.96. The number of aliphatic hydroxyl groups is 1. The Morgan fingerprint density at radius 1 is 0.461 bits per heavy atom. The summed E-state index contributed by atoms with van der Waals surface area (Å²) in [5, 5.41) is 65.8. The Hall–Kier alpha value is -8.50. The van der Waals surface area contributed by atoms with Crippen LogP contribution in [0.3, 0.4) is 0 Å². The number of carboxylic acid groups (broad SMARTS) is 7. The van der Waals surface area contributed by atoms with Crippen molar-refractivity contribution in [2.75, 3.05) is 35.5 Å². The molecule has 29 nitrogen and oxygen atoms in total. The van der Waals surface area contributed by atoms with E-state index in [1.54, 1.807) is 6.08 Å². The van der Waals surface area contributed by atoms with Crippen LogP contribution in [0.2, 0.25) is 0 Å². The zero-order chi connectivity index (χ0) is 59.4. The summed E-state index contributed by atoms with van der Waals surface area (Å²) in [6.45, 7) is 0. The van der Waals surface area contributed by atoms with Crippen molar-refractivity contribution in [2.24, 2.45) is 0 Å². The van der Waals surface area contributed by atoms with E-state index in [0.717, 1.165) is 12.2 Å². The molecule has 0 saturated carbocycles. The van der Waals surface area contributed by atoms with Crippen LogP contribution in [0.1, 0.15) is 109 Å². The third-order valence-corrected chi connectivity index (χ3v) is 8.03. The number of carboxylic acids is 7. The molecule has 0 aromatic rings. The SMILES string of the molecule is COC(=O)/C=C/CCC(=O)O.COC(=O)/C=C/CCC(=O)OC.COC(=O)CC/C=C/C(=O)O.COC(=O)CC1CCC(=O)O1.O=C(O)/C=C/CCC(=O)O.O=C(O)CC1CCC(=O)O1.O=C(O)CCC(O)CC(=O)O. The van der Waals surface area contributed by atoms with Gasteiger partial charge in [-0.15, -0.1) is 0 Å². The van der Waals surface area contributed by atoms with E-state index < -0.39 is 66.2 Å². The van der Waals surface area contributed by atoms with E-state index in [1.165, 1.54) is 65.9 Å². The Bertz CT molecular complexity index is 1950. The number of hydrogen-bond donors (Lipinski definition) is 8. The first-order valence-corrected chi connectivity index (χ1v) is 22.2. The largest absolute Gasteiger partial charge is 0.481 e. The number of cyclic esters (lactones) is 2. The third kappa shape index (κ3) is 65.5. The zero-order valence-corrected chi connectivity index (χ0v) is 42.5. The van der Waals surface area contributed by atoms with E-state index in [2.05, 4.69) is 28.4 Å². The summed E-state index contributed by atoms with van der Waals surface area (Å²) < 4.78 is 31.2. The summed E-state index contributed by atoms with van der Waals surface area (Å²) in [6.07, 6.45) is 12.0. The zero-order valence-electron chi connectivity index (χ0n) is 42.5. The third-order valence-electron chi connectivity index (χ3n) is 8.03. The Morgan fingerprint density at radius 3 is 1.08 bits per heavy atom. The van der Waals surface area contributed by atoms with Crippen molar-refractivity contribution in [1.82, 2.24) is 0 Å². The summed E-state index contributed by atoms with van der Waals surface area (Å²) in [7, 11) is 6.51. The first-order chi connectivity index (χ1) is 35.6. The molecular weight excluding hydrogens is 1030 g/mol. The normalized spacial score (nSPS) is 14.1. The lowest BCUT2D eigenvalue weighted by Gasteiger charge is -2.05. The van der Waals surface area contributed by atoms with Crippen LogP contribution in [-0.2, 0) is 100 Å². The van der Waals surface area contributed by atoms with Gasteiger partial charge in [0.25, 0.3) is 0 Å². The molecule has 0 amide bonds. The van der Waals surface area contributed by atoms with Gasteiger partial charge in [0, 0.05) is 69.2 Å². The van der Waals surface area contributed by atoms with E-state index in [0.29, 0.717) is 44.9 Å². The quantitative estimate of drug-likeness (QED) is 0.0370. The lowest BCUT2D eigenvalue weighted by atomic mass is 10.1. The van der Waals surface area contributed by atoms with Crippen molar-refractivity contribution in [3.8, 4) is 0 Å². The van der Waals surface area contributed by atoms with E-state index in [1.807, 2.05) is 0 Å². The smallest absolute Gasteiger partial charge is 0.330 e. The van der Waals surface area contributed by atoms with Crippen molar-refractivity contribution < 1.29 is 141 Å². The molecule has 29 heteroatoms. The molecule has 0 aromatic carbocycles. The summed E-state index contributed by atoms with van der Waals surface area (Å²) in [4.78, 5) is 143. The van der Waals surface area contributed by atoms with Gasteiger partial charge in [-0.25, -0.2) is 19.2 Å². The van der Waals surface area contributed by atoms with Crippen LogP contribution in [0.5, 0.6) is 0 Å². The van der Waals surface area contributed by atoms with Gasteiger partial charge in [-0.3, -0.25) is 47.9 Å². The second kappa shape index (κ2) is 51.4. The van der Waals surface area contributed by atoms with Crippen LogP contribution in [0, 0.1) is 0 Å². The number of methoxy groups -OCH3 is 5. The number of carbonyl (C=O) groups is 14. The number of esters is 7. The Balaban J connectivity index is -0.000000258. The highest BCUT2D eigenvalue weighted by molar-refractivity contribution is 5.82. The molecule has 0 spiro atoms. The van der Waals surface area contributed by atoms with E-state index in [9.17, 15) is 67.1 Å². The van der Waals surface area contributed by atoms with Crippen molar-refractivity contribution in [2.45, 2.75) is 127 Å². The summed E-state index contributed by atoms with van der Waals surface area (Å²) >= 11 is 0. The lowest BCUT2D eigenvalue weighted by molar-refractivity contribution is -0.149. The van der Waals surface area contributed by atoms with Crippen LogP contribution < -0.4 is 0 Å². The van der Waals surface area contributed by atoms with Crippen molar-refractivity contribution >= 4 is 83.6 Å². The monoisotopic (exact) mass is 1100 g/mol. The first-order valence-electron chi connectivity index (χ1n) is 22.2. The molecule has 0 aliphatic carbocycles. The highest BCUT2D eigenvalue weighted by Gasteiger charge is 2.26. The van der Waals surface area contributed by atoms with Crippen LogP contribution in [0.25, 0.3) is 0 Å². The fourth-order valence-corrected chi connectivity index (χ4v) is 4.39. The predicted molar refractivity (Wildman–Crippen MR) is 254 cm³/mol. The molecule has 3 atom stereocenters. The molecule has 430 valence electrons. The van der Waals surface area contributed by atoms with Crippen LogP contribution in [-0.4, -0.2) is 178 Å². The maximum absolute atomic E-state index is 10.7. The first kappa shape index (κ1) is 76.4. The highest BCUT2D eigenvalue weighted by Crippen LogP contribution is 2.17. The second-order valence-corrected chi connectivity index (χ2v) is 14.3. The number of ether oxygens (including phenoxy) is 7. The molecule has 0 radical (unpaired) electrons. The van der Waals surface area contributed by atoms with Gasteiger partial charge in [-0.05, 0) is 44.9 Å². The highest BCUT2D eigenvalue weighted by atomic mass is 16.6. The second-order valence-electron chi connectivity index (χ2n) is 14.3. The Labute approximate surface area is 435 Å². The number of hydrogen-bond acceptors (Lipinski definition) is 22.